The minimum atomic E-state index is -2.30. The van der Waals surface area contributed by atoms with Gasteiger partial charge in [-0.05, 0) is 12.1 Å². The van der Waals surface area contributed by atoms with E-state index >= 15 is 0 Å². The van der Waals surface area contributed by atoms with Crippen molar-refractivity contribution in [3.8, 4) is 0 Å². The number of hydrogen-bond acceptors (Lipinski definition) is 4. The molecule has 0 saturated heterocycles. The summed E-state index contributed by atoms with van der Waals surface area (Å²) in [7, 11) is 0. The quantitative estimate of drug-likeness (QED) is 0.279. The van der Waals surface area contributed by atoms with Crippen molar-refractivity contribution in [1.82, 2.24) is 0 Å². The van der Waals surface area contributed by atoms with Gasteiger partial charge in [0, 0.05) is 23.9 Å². The van der Waals surface area contributed by atoms with Crippen LogP contribution in [0.3, 0.4) is 0 Å². The molecular formula is C14H7F5N2O4. The normalized spacial score (nSPS) is 10.6. The molecular weight excluding hydrogens is 355 g/mol. The zero-order valence-corrected chi connectivity index (χ0v) is 11.9. The standard InChI is InChI=1S/C14H7F5N2O4/c15-9-7(10(16)12(18)13(19)11(9)17)4-20-5-1-2-8(21(24)25)6(3-5)14(22)23/h1-3,20H,4H2,(H,22,23). The molecule has 2 aromatic rings. The molecule has 0 atom stereocenters. The maximum atomic E-state index is 13.5. The zero-order chi connectivity index (χ0) is 18.9. The van der Waals surface area contributed by atoms with Gasteiger partial charge in [-0.25, -0.2) is 26.7 Å². The number of carboxylic acid groups (broad SMARTS) is 1. The lowest BCUT2D eigenvalue weighted by molar-refractivity contribution is -0.385. The highest BCUT2D eigenvalue weighted by atomic mass is 19.2. The third-order valence-corrected chi connectivity index (χ3v) is 3.19. The Hall–Kier alpha value is -3.24. The monoisotopic (exact) mass is 362 g/mol. The Kier molecular flexibility index (Phi) is 4.86. The van der Waals surface area contributed by atoms with Crippen LogP contribution in [0, 0.1) is 39.2 Å². The predicted molar refractivity (Wildman–Crippen MR) is 73.6 cm³/mol. The predicted octanol–water partition coefficient (Wildman–Crippen LogP) is 3.60. The second-order valence-corrected chi connectivity index (χ2v) is 4.70. The highest BCUT2D eigenvalue weighted by Gasteiger charge is 2.26. The van der Waals surface area contributed by atoms with Crippen LogP contribution >= 0.6 is 0 Å². The van der Waals surface area contributed by atoms with Crippen LogP contribution in [0.5, 0.6) is 0 Å². The number of hydrogen-bond donors (Lipinski definition) is 2. The molecule has 0 fully saturated rings. The molecule has 11 heteroatoms. The van der Waals surface area contributed by atoms with Crippen LogP contribution in [0.1, 0.15) is 15.9 Å². The number of benzene rings is 2. The first-order valence-corrected chi connectivity index (χ1v) is 6.41. The molecule has 25 heavy (non-hydrogen) atoms. The van der Waals surface area contributed by atoms with E-state index in [4.69, 9.17) is 5.11 Å². The van der Waals surface area contributed by atoms with Crippen molar-refractivity contribution in [2.24, 2.45) is 0 Å². The van der Waals surface area contributed by atoms with Crippen LogP contribution in [-0.2, 0) is 6.54 Å². The van der Waals surface area contributed by atoms with E-state index in [1.807, 2.05) is 0 Å². The Morgan fingerprint density at radius 1 is 1.04 bits per heavy atom. The fraction of sp³-hybridized carbons (Fsp3) is 0.0714. The van der Waals surface area contributed by atoms with Crippen molar-refractivity contribution < 1.29 is 36.8 Å². The number of carboxylic acids is 1. The highest BCUT2D eigenvalue weighted by Crippen LogP contribution is 2.26. The lowest BCUT2D eigenvalue weighted by Gasteiger charge is -2.11. The minimum Gasteiger partial charge on any atom is -0.477 e. The van der Waals surface area contributed by atoms with Crippen LogP contribution in [0.15, 0.2) is 18.2 Å². The minimum absolute atomic E-state index is 0.132. The van der Waals surface area contributed by atoms with Gasteiger partial charge in [0.2, 0.25) is 5.82 Å². The fourth-order valence-corrected chi connectivity index (χ4v) is 1.97. The number of nitro groups is 1. The van der Waals surface area contributed by atoms with E-state index in [9.17, 15) is 36.9 Å². The zero-order valence-electron chi connectivity index (χ0n) is 11.9. The number of anilines is 1. The van der Waals surface area contributed by atoms with Gasteiger partial charge in [0.15, 0.2) is 23.3 Å². The second kappa shape index (κ2) is 6.71. The van der Waals surface area contributed by atoms with E-state index in [2.05, 4.69) is 5.32 Å². The number of aromatic carboxylic acids is 1. The van der Waals surface area contributed by atoms with Crippen LogP contribution in [0.2, 0.25) is 0 Å². The van der Waals surface area contributed by atoms with Gasteiger partial charge < -0.3 is 10.4 Å². The summed E-state index contributed by atoms with van der Waals surface area (Å²) in [6.45, 7) is -0.872. The molecule has 0 aliphatic heterocycles. The molecule has 0 aliphatic carbocycles. The summed E-state index contributed by atoms with van der Waals surface area (Å²) in [5.41, 5.74) is -2.74. The van der Waals surface area contributed by atoms with Crippen molar-refractivity contribution in [3.63, 3.8) is 0 Å². The Balaban J connectivity index is 2.36. The second-order valence-electron chi connectivity index (χ2n) is 4.70. The number of nitrogens with one attached hydrogen (secondary N) is 1. The van der Waals surface area contributed by atoms with E-state index < -0.39 is 63.3 Å². The van der Waals surface area contributed by atoms with E-state index in [-0.39, 0.29) is 5.69 Å². The SMILES string of the molecule is O=C(O)c1cc(NCc2c(F)c(F)c(F)c(F)c2F)ccc1[N+](=O)[O-]. The van der Waals surface area contributed by atoms with Gasteiger partial charge in [0.05, 0.1) is 4.92 Å². The van der Waals surface area contributed by atoms with Crippen LogP contribution < -0.4 is 5.32 Å². The Morgan fingerprint density at radius 2 is 1.56 bits per heavy atom. The molecule has 6 nitrogen and oxygen atoms in total. The highest BCUT2D eigenvalue weighted by molar-refractivity contribution is 5.93. The van der Waals surface area contributed by atoms with Crippen molar-refractivity contribution in [2.45, 2.75) is 6.54 Å². The van der Waals surface area contributed by atoms with Crippen molar-refractivity contribution in [1.29, 1.82) is 0 Å². The average molecular weight is 362 g/mol. The van der Waals surface area contributed by atoms with Gasteiger partial charge in [0.1, 0.15) is 5.56 Å². The van der Waals surface area contributed by atoms with Gasteiger partial charge in [-0.3, -0.25) is 10.1 Å². The molecule has 0 spiro atoms. The first-order valence-electron chi connectivity index (χ1n) is 6.41. The lowest BCUT2D eigenvalue weighted by atomic mass is 10.1. The number of carbonyl (C=O) groups is 1. The molecule has 0 bridgehead atoms. The maximum Gasteiger partial charge on any atom is 0.342 e. The van der Waals surface area contributed by atoms with Gasteiger partial charge in [-0.15, -0.1) is 0 Å². The molecule has 2 rings (SSSR count). The molecule has 0 aliphatic rings. The van der Waals surface area contributed by atoms with Crippen molar-refractivity contribution in [3.05, 3.63) is 68.5 Å². The average Bonchev–Trinajstić information content (AvgIpc) is 2.57. The number of nitro benzene ring substituents is 1. The Morgan fingerprint density at radius 3 is 2.04 bits per heavy atom. The van der Waals surface area contributed by atoms with Crippen LogP contribution in [-0.4, -0.2) is 16.0 Å². The summed E-state index contributed by atoms with van der Waals surface area (Å²) in [4.78, 5) is 20.8. The summed E-state index contributed by atoms with van der Waals surface area (Å²) in [6.07, 6.45) is 0. The molecule has 0 unspecified atom stereocenters. The molecule has 0 saturated carbocycles. The van der Waals surface area contributed by atoms with Gasteiger partial charge in [-0.1, -0.05) is 0 Å². The first-order chi connectivity index (χ1) is 11.6. The first kappa shape index (κ1) is 18.1. The molecule has 2 aromatic carbocycles. The molecule has 132 valence electrons. The van der Waals surface area contributed by atoms with E-state index in [1.165, 1.54) is 0 Å². The van der Waals surface area contributed by atoms with Gasteiger partial charge >= 0.3 is 5.97 Å². The number of nitrogens with zero attached hydrogens (tertiary/aromatic N) is 1. The van der Waals surface area contributed by atoms with Crippen molar-refractivity contribution >= 4 is 17.3 Å². The molecule has 0 aromatic heterocycles. The van der Waals surface area contributed by atoms with Crippen LogP contribution in [0.4, 0.5) is 33.3 Å². The van der Waals surface area contributed by atoms with Gasteiger partial charge in [0.25, 0.3) is 5.69 Å². The van der Waals surface area contributed by atoms with Crippen molar-refractivity contribution in [2.75, 3.05) is 5.32 Å². The summed E-state index contributed by atoms with van der Waals surface area (Å²) < 4.78 is 66.2. The lowest BCUT2D eigenvalue weighted by Crippen LogP contribution is -2.11. The maximum absolute atomic E-state index is 13.5. The summed E-state index contributed by atoms with van der Waals surface area (Å²) in [5, 5.41) is 21.9. The largest absolute Gasteiger partial charge is 0.477 e. The summed E-state index contributed by atoms with van der Waals surface area (Å²) >= 11 is 0. The van der Waals surface area contributed by atoms with Gasteiger partial charge in [-0.2, -0.15) is 0 Å². The topological polar surface area (TPSA) is 92.5 Å². The molecule has 0 heterocycles. The van der Waals surface area contributed by atoms with E-state index in [1.54, 1.807) is 0 Å². The summed E-state index contributed by atoms with van der Waals surface area (Å²) in [6, 6.07) is 2.65. The fourth-order valence-electron chi connectivity index (χ4n) is 1.97. The number of halogens is 5. The molecule has 2 N–H and O–H groups in total. The Labute approximate surface area is 135 Å². The third kappa shape index (κ3) is 3.34. The third-order valence-electron chi connectivity index (χ3n) is 3.19. The summed E-state index contributed by atoms with van der Waals surface area (Å²) in [5.74, 6) is -12.3. The molecule has 0 radical (unpaired) electrons. The Bertz CT molecular complexity index is 859. The number of rotatable bonds is 5. The van der Waals surface area contributed by atoms with E-state index in [0.717, 1.165) is 18.2 Å². The molecule has 0 amide bonds. The van der Waals surface area contributed by atoms with E-state index in [0.29, 0.717) is 0 Å². The van der Waals surface area contributed by atoms with Crippen LogP contribution in [0.25, 0.3) is 0 Å². The smallest absolute Gasteiger partial charge is 0.342 e.